The average molecular weight is 529 g/mol. The molecule has 36 heavy (non-hydrogen) atoms. The second-order valence-corrected chi connectivity index (χ2v) is 11.2. The Balaban J connectivity index is 1.39. The first-order valence-electron chi connectivity index (χ1n) is 12.2. The Kier molecular flexibility index (Phi) is 7.86. The number of aliphatic hydroxyl groups excluding tert-OH is 2. The van der Waals surface area contributed by atoms with Crippen molar-refractivity contribution < 1.29 is 38.8 Å². The molecule has 1 unspecified atom stereocenters. The van der Waals surface area contributed by atoms with Crippen LogP contribution in [-0.4, -0.2) is 96.0 Å². The Morgan fingerprint density at radius 1 is 1.19 bits per heavy atom. The fourth-order valence-electron chi connectivity index (χ4n) is 4.92. The standard InChI is InChI=1S/C21H33N6O8P/c28-17-14(8-33-11-36(30,31)32)35-21(18(17)29)27-10-23-16-19(24-12-3-1-2-4-12)25-15(26-20(16)27)9-34-13-5-6-22-7-13/h10,12-14,17-18,21-22,28-29H,1-9,11H2,(H,24,25,26)(H2,30,31,32)/t13?,14-,17-,18-,21-/m1/s1. The molecule has 0 bridgehead atoms. The summed E-state index contributed by atoms with van der Waals surface area (Å²) in [5, 5.41) is 27.9. The minimum Gasteiger partial charge on any atom is -0.387 e. The summed E-state index contributed by atoms with van der Waals surface area (Å²) in [4.78, 5) is 31.8. The topological polar surface area (TPSA) is 193 Å². The van der Waals surface area contributed by atoms with Gasteiger partial charge in [-0.1, -0.05) is 12.8 Å². The number of aromatic nitrogens is 4. The van der Waals surface area contributed by atoms with Crippen molar-refractivity contribution in [1.82, 2.24) is 24.8 Å². The molecule has 2 aromatic rings. The predicted octanol–water partition coefficient (Wildman–Crippen LogP) is -0.170. The molecule has 4 heterocycles. The summed E-state index contributed by atoms with van der Waals surface area (Å²) in [7, 11) is -4.37. The van der Waals surface area contributed by atoms with Gasteiger partial charge in [-0.2, -0.15) is 0 Å². The van der Waals surface area contributed by atoms with Crippen LogP contribution in [0, 0.1) is 0 Å². The van der Waals surface area contributed by atoms with E-state index in [0.717, 1.165) is 45.2 Å². The smallest absolute Gasteiger partial charge is 0.350 e. The van der Waals surface area contributed by atoms with Crippen molar-refractivity contribution in [2.24, 2.45) is 0 Å². The van der Waals surface area contributed by atoms with Gasteiger partial charge in [-0.25, -0.2) is 15.0 Å². The highest BCUT2D eigenvalue weighted by Crippen LogP contribution is 2.36. The van der Waals surface area contributed by atoms with Crippen LogP contribution in [0.3, 0.4) is 0 Å². The summed E-state index contributed by atoms with van der Waals surface area (Å²) in [5.41, 5.74) is 0.932. The largest absolute Gasteiger partial charge is 0.387 e. The van der Waals surface area contributed by atoms with E-state index in [1.807, 2.05) is 0 Å². The van der Waals surface area contributed by atoms with E-state index >= 15 is 0 Å². The van der Waals surface area contributed by atoms with Crippen LogP contribution in [0.2, 0.25) is 0 Å². The quantitative estimate of drug-likeness (QED) is 0.223. The molecule has 3 aliphatic rings. The van der Waals surface area contributed by atoms with E-state index in [2.05, 4.69) is 25.6 Å². The van der Waals surface area contributed by atoms with Crippen molar-refractivity contribution in [2.45, 2.75) is 75.4 Å². The number of aliphatic hydroxyl groups is 2. The number of anilines is 1. The first-order chi connectivity index (χ1) is 17.3. The summed E-state index contributed by atoms with van der Waals surface area (Å²) in [6.45, 7) is 1.59. The number of ether oxygens (including phenoxy) is 3. The summed E-state index contributed by atoms with van der Waals surface area (Å²) < 4.78 is 29.4. The summed E-state index contributed by atoms with van der Waals surface area (Å²) in [5.74, 6) is 1.05. The first kappa shape index (κ1) is 25.9. The normalized spacial score (nSPS) is 29.5. The molecule has 0 radical (unpaired) electrons. The Labute approximate surface area is 207 Å². The molecule has 14 nitrogen and oxygen atoms in total. The fourth-order valence-corrected chi connectivity index (χ4v) is 5.27. The monoisotopic (exact) mass is 528 g/mol. The Morgan fingerprint density at radius 3 is 2.72 bits per heavy atom. The molecule has 5 atom stereocenters. The van der Waals surface area contributed by atoms with E-state index in [1.54, 1.807) is 0 Å². The number of hydrogen-bond acceptors (Lipinski definition) is 11. The molecule has 2 aromatic heterocycles. The van der Waals surface area contributed by atoms with Crippen LogP contribution in [0.15, 0.2) is 6.33 Å². The Bertz CT molecular complexity index is 1090. The Hall–Kier alpha value is -1.74. The second kappa shape index (κ2) is 10.9. The second-order valence-electron chi connectivity index (χ2n) is 9.57. The van der Waals surface area contributed by atoms with Gasteiger partial charge in [-0.05, 0) is 25.8 Å². The van der Waals surface area contributed by atoms with E-state index in [-0.39, 0.29) is 25.4 Å². The lowest BCUT2D eigenvalue weighted by Crippen LogP contribution is -2.34. The first-order valence-corrected chi connectivity index (χ1v) is 14.0. The molecule has 1 aliphatic carbocycles. The molecule has 3 fully saturated rings. The zero-order chi connectivity index (χ0) is 25.3. The van der Waals surface area contributed by atoms with Gasteiger partial charge in [-0.15, -0.1) is 0 Å². The number of rotatable bonds is 10. The molecule has 2 aliphatic heterocycles. The molecule has 5 rings (SSSR count). The summed E-state index contributed by atoms with van der Waals surface area (Å²) in [6, 6.07) is 0.284. The van der Waals surface area contributed by atoms with Gasteiger partial charge in [0.2, 0.25) is 0 Å². The maximum atomic E-state index is 11.0. The average Bonchev–Trinajstić information content (AvgIpc) is 3.63. The highest BCUT2D eigenvalue weighted by molar-refractivity contribution is 7.51. The minimum absolute atomic E-state index is 0.0875. The van der Waals surface area contributed by atoms with Crippen molar-refractivity contribution in [1.29, 1.82) is 0 Å². The fraction of sp³-hybridized carbons (Fsp3) is 0.762. The van der Waals surface area contributed by atoms with Crippen LogP contribution < -0.4 is 10.6 Å². The molecule has 15 heteroatoms. The molecule has 200 valence electrons. The van der Waals surface area contributed by atoms with Crippen LogP contribution in [0.25, 0.3) is 11.2 Å². The van der Waals surface area contributed by atoms with Gasteiger partial charge >= 0.3 is 7.60 Å². The molecule has 6 N–H and O–H groups in total. The third-order valence-corrected chi connectivity index (χ3v) is 7.30. The molecule has 2 saturated heterocycles. The molecule has 0 aromatic carbocycles. The maximum absolute atomic E-state index is 11.0. The minimum atomic E-state index is -4.37. The highest BCUT2D eigenvalue weighted by atomic mass is 31.2. The zero-order valence-corrected chi connectivity index (χ0v) is 20.7. The molecule has 0 spiro atoms. The van der Waals surface area contributed by atoms with E-state index in [9.17, 15) is 14.8 Å². The van der Waals surface area contributed by atoms with Gasteiger partial charge in [-0.3, -0.25) is 9.13 Å². The van der Waals surface area contributed by atoms with Gasteiger partial charge in [0.05, 0.1) is 19.0 Å². The van der Waals surface area contributed by atoms with Crippen molar-refractivity contribution in [2.75, 3.05) is 31.4 Å². The van der Waals surface area contributed by atoms with E-state index in [1.165, 1.54) is 10.9 Å². The number of nitrogens with zero attached hydrogens (tertiary/aromatic N) is 4. The maximum Gasteiger partial charge on any atom is 0.350 e. The van der Waals surface area contributed by atoms with E-state index in [0.29, 0.717) is 22.8 Å². The van der Waals surface area contributed by atoms with Gasteiger partial charge in [0.25, 0.3) is 0 Å². The predicted molar refractivity (Wildman–Crippen MR) is 126 cm³/mol. The number of nitrogens with one attached hydrogen (secondary N) is 2. The number of fused-ring (bicyclic) bond motifs is 1. The van der Waals surface area contributed by atoms with Crippen LogP contribution >= 0.6 is 7.60 Å². The molecular weight excluding hydrogens is 495 g/mol. The lowest BCUT2D eigenvalue weighted by Gasteiger charge is -2.18. The zero-order valence-electron chi connectivity index (χ0n) is 19.8. The van der Waals surface area contributed by atoms with E-state index in [4.69, 9.17) is 24.0 Å². The van der Waals surface area contributed by atoms with Crippen molar-refractivity contribution in [3.05, 3.63) is 12.2 Å². The summed E-state index contributed by atoms with van der Waals surface area (Å²) in [6.07, 6.45) is 1.35. The lowest BCUT2D eigenvalue weighted by atomic mass is 10.1. The van der Waals surface area contributed by atoms with Crippen molar-refractivity contribution in [3.63, 3.8) is 0 Å². The highest BCUT2D eigenvalue weighted by Gasteiger charge is 2.44. The molecule has 0 amide bonds. The van der Waals surface area contributed by atoms with Crippen molar-refractivity contribution >= 4 is 24.6 Å². The Morgan fingerprint density at radius 2 is 2.00 bits per heavy atom. The van der Waals surface area contributed by atoms with Gasteiger partial charge in [0.15, 0.2) is 29.0 Å². The third kappa shape index (κ3) is 5.87. The van der Waals surface area contributed by atoms with E-state index < -0.39 is 38.5 Å². The summed E-state index contributed by atoms with van der Waals surface area (Å²) >= 11 is 0. The van der Waals surface area contributed by atoms with Crippen LogP contribution in [0.1, 0.15) is 44.2 Å². The van der Waals surface area contributed by atoms with Gasteiger partial charge < -0.3 is 44.8 Å². The van der Waals surface area contributed by atoms with Crippen LogP contribution in [-0.2, 0) is 25.4 Å². The van der Waals surface area contributed by atoms with Crippen LogP contribution in [0.5, 0.6) is 0 Å². The molecule has 1 saturated carbocycles. The van der Waals surface area contributed by atoms with Crippen LogP contribution in [0.4, 0.5) is 5.82 Å². The van der Waals surface area contributed by atoms with Gasteiger partial charge in [0, 0.05) is 12.6 Å². The SMILES string of the molecule is O=P(O)(O)COC[C@H]1O[C@@H](n2cnc3c(NC4CCCC4)nc(COC4CCNC4)nc32)[C@H](O)[C@@H]1O. The number of hydrogen-bond donors (Lipinski definition) is 6. The van der Waals surface area contributed by atoms with Gasteiger partial charge in [0.1, 0.15) is 31.3 Å². The lowest BCUT2D eigenvalue weighted by molar-refractivity contribution is -0.0613. The molecular formula is C21H33N6O8P. The van der Waals surface area contributed by atoms with Crippen molar-refractivity contribution in [3.8, 4) is 0 Å². The number of imidazole rings is 1. The third-order valence-electron chi connectivity index (χ3n) is 6.78.